The molecule has 3 atom stereocenters. The Hall–Kier alpha value is -3.16. The smallest absolute Gasteiger partial charge is 0.416 e. The maximum absolute atomic E-state index is 13.4. The molecule has 4 rings (SSSR count). The summed E-state index contributed by atoms with van der Waals surface area (Å²) in [6.45, 7) is 1.28. The van der Waals surface area contributed by atoms with Gasteiger partial charge in [0.05, 0.1) is 18.9 Å². The van der Waals surface area contributed by atoms with Crippen LogP contribution in [0.25, 0.3) is 0 Å². The summed E-state index contributed by atoms with van der Waals surface area (Å²) < 4.78 is 69.0. The number of halogens is 3. The summed E-state index contributed by atoms with van der Waals surface area (Å²) in [5.74, 6) is 0.192. The number of nitrogens with zero attached hydrogens (tertiary/aromatic N) is 2. The predicted octanol–water partition coefficient (Wildman–Crippen LogP) is 2.84. The first-order valence-electron chi connectivity index (χ1n) is 13.5. The van der Waals surface area contributed by atoms with E-state index >= 15 is 0 Å². The lowest BCUT2D eigenvalue weighted by Crippen LogP contribution is -2.55. The van der Waals surface area contributed by atoms with E-state index in [1.165, 1.54) is 14.8 Å². The number of ether oxygens (including phenoxy) is 1. The van der Waals surface area contributed by atoms with Crippen LogP contribution in [-0.2, 0) is 21.0 Å². The second kappa shape index (κ2) is 12.8. The van der Waals surface area contributed by atoms with E-state index in [-0.39, 0.29) is 37.6 Å². The van der Waals surface area contributed by atoms with Crippen molar-refractivity contribution in [2.75, 3.05) is 46.1 Å². The van der Waals surface area contributed by atoms with Crippen molar-refractivity contribution in [1.29, 1.82) is 0 Å². The van der Waals surface area contributed by atoms with Crippen molar-refractivity contribution >= 4 is 21.8 Å². The van der Waals surface area contributed by atoms with Crippen LogP contribution in [0.5, 0.6) is 5.75 Å². The topological polar surface area (TPSA) is 108 Å². The fourth-order valence-corrected chi connectivity index (χ4v) is 5.83. The summed E-state index contributed by atoms with van der Waals surface area (Å²) in [5.41, 5.74) is 0.356. The van der Waals surface area contributed by atoms with Gasteiger partial charge in [-0.05, 0) is 67.8 Å². The van der Waals surface area contributed by atoms with Crippen molar-refractivity contribution in [3.8, 4) is 5.75 Å². The van der Waals surface area contributed by atoms with Gasteiger partial charge in [-0.3, -0.25) is 9.59 Å². The van der Waals surface area contributed by atoms with Gasteiger partial charge in [0.25, 0.3) is 5.91 Å². The van der Waals surface area contributed by atoms with Gasteiger partial charge in [-0.25, -0.2) is 8.42 Å². The highest BCUT2D eigenvalue weighted by atomic mass is 32.2. The van der Waals surface area contributed by atoms with Gasteiger partial charge in [-0.15, -0.1) is 0 Å². The van der Waals surface area contributed by atoms with Crippen molar-refractivity contribution in [3.05, 3.63) is 65.2 Å². The van der Waals surface area contributed by atoms with E-state index in [0.717, 1.165) is 42.7 Å². The van der Waals surface area contributed by atoms with Gasteiger partial charge < -0.3 is 20.3 Å². The first-order chi connectivity index (χ1) is 19.4. The number of methoxy groups -OCH3 is 1. The Kier molecular flexibility index (Phi) is 9.60. The molecule has 2 fully saturated rings. The minimum atomic E-state index is -4.53. The van der Waals surface area contributed by atoms with Gasteiger partial charge in [0.2, 0.25) is 15.9 Å². The molecule has 1 saturated carbocycles. The van der Waals surface area contributed by atoms with Crippen molar-refractivity contribution in [2.24, 2.45) is 0 Å². The zero-order valence-corrected chi connectivity index (χ0v) is 23.8. The second-order valence-electron chi connectivity index (χ2n) is 10.4. The first-order valence-corrected chi connectivity index (χ1v) is 15.3. The van der Waals surface area contributed by atoms with Crippen LogP contribution < -0.4 is 15.4 Å². The molecule has 0 aromatic heterocycles. The van der Waals surface area contributed by atoms with Crippen LogP contribution in [0.2, 0.25) is 0 Å². The van der Waals surface area contributed by atoms with Gasteiger partial charge in [0, 0.05) is 43.7 Å². The third-order valence-electron chi connectivity index (χ3n) is 7.51. The molecule has 9 nitrogen and oxygen atoms in total. The van der Waals surface area contributed by atoms with E-state index in [4.69, 9.17) is 4.74 Å². The van der Waals surface area contributed by atoms with Crippen LogP contribution >= 0.6 is 0 Å². The number of amides is 2. The Bertz CT molecular complexity index is 1310. The normalized spacial score (nSPS) is 20.4. The standard InChI is InChI=1S/C28H35F3N4O5S/c1-40-22-11-7-19(8-12-22)23-18-25(23)32-13-3-4-24(27(37)34-14-16-35(17-15-34)41(2,38)39)33-26(36)20-5-9-21(10-6-20)28(29,30)31/h5-12,23-25,32H,3-4,13-18H2,1-2H3,(H,33,36)/t23-,24-,25+/m0/s1. The lowest BCUT2D eigenvalue weighted by Gasteiger charge is -2.35. The molecule has 224 valence electrons. The molecule has 2 aromatic rings. The summed E-state index contributed by atoms with van der Waals surface area (Å²) in [6.07, 6.45) is -1.54. The third kappa shape index (κ3) is 8.20. The average molecular weight is 597 g/mol. The van der Waals surface area contributed by atoms with E-state index in [0.29, 0.717) is 31.3 Å². The fourth-order valence-electron chi connectivity index (χ4n) is 5.00. The average Bonchev–Trinajstić information content (AvgIpc) is 3.73. The number of piperazine rings is 1. The molecule has 1 heterocycles. The molecule has 2 N–H and O–H groups in total. The van der Waals surface area contributed by atoms with Gasteiger partial charge in [0.1, 0.15) is 11.8 Å². The maximum atomic E-state index is 13.4. The Morgan fingerprint density at radius 1 is 1.02 bits per heavy atom. The number of nitrogens with one attached hydrogen (secondary N) is 2. The summed E-state index contributed by atoms with van der Waals surface area (Å²) in [5, 5.41) is 6.18. The Morgan fingerprint density at radius 3 is 2.22 bits per heavy atom. The lowest BCUT2D eigenvalue weighted by molar-refractivity contribution is -0.137. The molecule has 2 amide bonds. The zero-order valence-electron chi connectivity index (χ0n) is 23.0. The molecule has 2 aromatic carbocycles. The van der Waals surface area contributed by atoms with Crippen molar-refractivity contribution in [2.45, 2.75) is 43.4 Å². The number of hydrogen-bond donors (Lipinski definition) is 2. The number of benzene rings is 2. The molecule has 1 saturated heterocycles. The number of alkyl halides is 3. The Balaban J connectivity index is 1.35. The SMILES string of the molecule is COc1ccc([C@@H]2C[C@H]2NCCC[C@H](NC(=O)c2ccc(C(F)(F)F)cc2)C(=O)N2CCN(S(C)(=O)=O)CC2)cc1. The van der Waals surface area contributed by atoms with E-state index in [1.807, 2.05) is 24.3 Å². The van der Waals surface area contributed by atoms with Gasteiger partial charge in [-0.2, -0.15) is 17.5 Å². The second-order valence-corrected chi connectivity index (χ2v) is 12.4. The quantitative estimate of drug-likeness (QED) is 0.387. The monoisotopic (exact) mass is 596 g/mol. The number of hydrogen-bond acceptors (Lipinski definition) is 6. The molecule has 13 heteroatoms. The highest BCUT2D eigenvalue weighted by Crippen LogP contribution is 2.41. The predicted molar refractivity (Wildman–Crippen MR) is 147 cm³/mol. The largest absolute Gasteiger partial charge is 0.497 e. The highest BCUT2D eigenvalue weighted by molar-refractivity contribution is 7.88. The number of carbonyl (C=O) groups excluding carboxylic acids is 2. The van der Waals surface area contributed by atoms with Crippen molar-refractivity contribution < 1.29 is 35.9 Å². The van der Waals surface area contributed by atoms with Crippen LogP contribution in [0.15, 0.2) is 48.5 Å². The van der Waals surface area contributed by atoms with Crippen molar-refractivity contribution in [3.63, 3.8) is 0 Å². The summed E-state index contributed by atoms with van der Waals surface area (Å²) >= 11 is 0. The number of rotatable bonds is 11. The molecule has 2 aliphatic rings. The number of sulfonamides is 1. The minimum Gasteiger partial charge on any atom is -0.497 e. The van der Waals surface area contributed by atoms with E-state index in [9.17, 15) is 31.2 Å². The van der Waals surface area contributed by atoms with Gasteiger partial charge in [0.15, 0.2) is 0 Å². The van der Waals surface area contributed by atoms with E-state index < -0.39 is 33.7 Å². The van der Waals surface area contributed by atoms with E-state index in [2.05, 4.69) is 10.6 Å². The van der Waals surface area contributed by atoms with Crippen LogP contribution in [0.3, 0.4) is 0 Å². The van der Waals surface area contributed by atoms with Gasteiger partial charge in [-0.1, -0.05) is 12.1 Å². The molecule has 0 radical (unpaired) electrons. The molecule has 1 aliphatic carbocycles. The summed E-state index contributed by atoms with van der Waals surface area (Å²) in [4.78, 5) is 27.8. The van der Waals surface area contributed by atoms with Gasteiger partial charge >= 0.3 is 6.18 Å². The summed E-state index contributed by atoms with van der Waals surface area (Å²) in [7, 11) is -1.76. The lowest BCUT2D eigenvalue weighted by atomic mass is 10.1. The molecule has 41 heavy (non-hydrogen) atoms. The zero-order chi connectivity index (χ0) is 29.8. The summed E-state index contributed by atoms with van der Waals surface area (Å²) in [6, 6.07) is 11.2. The van der Waals surface area contributed by atoms with Crippen LogP contribution in [0.1, 0.15) is 46.7 Å². The third-order valence-corrected chi connectivity index (χ3v) is 8.81. The van der Waals surface area contributed by atoms with Crippen LogP contribution in [0, 0.1) is 0 Å². The fraction of sp³-hybridized carbons (Fsp3) is 0.500. The molecular formula is C28H35F3N4O5S. The number of carbonyl (C=O) groups is 2. The molecule has 1 aliphatic heterocycles. The molecule has 0 unspecified atom stereocenters. The first kappa shape index (κ1) is 30.8. The maximum Gasteiger partial charge on any atom is 0.416 e. The Morgan fingerprint density at radius 2 is 1.66 bits per heavy atom. The Labute approximate surface area is 238 Å². The highest BCUT2D eigenvalue weighted by Gasteiger charge is 2.38. The molecule has 0 spiro atoms. The van der Waals surface area contributed by atoms with E-state index in [1.54, 1.807) is 7.11 Å². The van der Waals surface area contributed by atoms with Crippen molar-refractivity contribution in [1.82, 2.24) is 19.8 Å². The minimum absolute atomic E-state index is 0.0103. The molecular weight excluding hydrogens is 561 g/mol. The van der Waals surface area contributed by atoms with Crippen LogP contribution in [0.4, 0.5) is 13.2 Å². The van der Waals surface area contributed by atoms with Crippen LogP contribution in [-0.4, -0.2) is 87.6 Å². The molecule has 0 bridgehead atoms.